The molecule has 1 radical (unpaired) electrons. The zero-order valence-corrected chi connectivity index (χ0v) is 32.6. The molecular formula is C45H38GeIrN2O-2. The third-order valence-corrected chi connectivity index (χ3v) is 12.5. The Balaban J connectivity index is 0.000000182. The standard InChI is InChI=1S/C24H16NO.C21H22GeN.Ir/c1-2-6-17(7-3-1)14-18-12-13-25-22(15-18)19-10-11-24-21(16-19)20-8-4-5-9-23(20)26-24;1-22(2,3)19-13-14-21(23-16-19)20-12-8-7-11-18(20)15-17-9-5-4-6-10-17;/h1-9,11-13,15-16H,14H2;4-11,13-14,16H,15H2,1-3H3;/q2*-1;/i14D2;15D2;. The molecule has 0 atom stereocenters. The quantitative estimate of drug-likeness (QED) is 0.118. The molecule has 3 nitrogen and oxygen atoms in total. The van der Waals surface area contributed by atoms with E-state index in [0.29, 0.717) is 27.9 Å². The SMILES string of the molecule is [2H]C([2H])(c1ccccc1)c1ccc[c-]c1-c1cc[c]([Ge]([CH3])([CH3])[CH3])cn1.[2H]C([2H])(c1ccccc1)c1ccnc(-c2[c-]cc3oc4ccccc4c3c2)c1.[Ir]. The molecule has 3 aromatic heterocycles. The van der Waals surface area contributed by atoms with Gasteiger partial charge in [-0.3, -0.25) is 0 Å². The van der Waals surface area contributed by atoms with E-state index in [9.17, 15) is 0 Å². The minimum Gasteiger partial charge on any atom is -0.500 e. The van der Waals surface area contributed by atoms with E-state index in [2.05, 4.69) is 45.4 Å². The summed E-state index contributed by atoms with van der Waals surface area (Å²) in [5, 5.41) is 2.05. The van der Waals surface area contributed by atoms with Crippen LogP contribution in [0.15, 0.2) is 156 Å². The fourth-order valence-electron chi connectivity index (χ4n) is 5.58. The Morgan fingerprint density at radius 3 is 2.08 bits per heavy atom. The predicted octanol–water partition coefficient (Wildman–Crippen LogP) is 10.7. The van der Waals surface area contributed by atoms with Crippen molar-refractivity contribution in [2.24, 2.45) is 0 Å². The van der Waals surface area contributed by atoms with Crippen LogP contribution in [-0.4, -0.2) is 23.2 Å². The number of aromatic nitrogens is 2. The minimum atomic E-state index is -1.91. The third kappa shape index (κ3) is 8.39. The summed E-state index contributed by atoms with van der Waals surface area (Å²) >= 11 is -1.91. The van der Waals surface area contributed by atoms with Crippen LogP contribution in [-0.2, 0) is 32.9 Å². The molecule has 0 spiro atoms. The molecule has 5 heteroatoms. The van der Waals surface area contributed by atoms with Gasteiger partial charge in [-0.05, 0) is 35.3 Å². The molecule has 8 rings (SSSR count). The average Bonchev–Trinajstić information content (AvgIpc) is 3.57. The maximum atomic E-state index is 8.67. The van der Waals surface area contributed by atoms with Gasteiger partial charge in [0.1, 0.15) is 5.58 Å². The summed E-state index contributed by atoms with van der Waals surface area (Å²) in [5.74, 6) is 7.01. The number of benzene rings is 5. The molecule has 0 N–H and O–H groups in total. The van der Waals surface area contributed by atoms with Gasteiger partial charge in [0, 0.05) is 34.4 Å². The average molecular weight is 892 g/mol. The number of hydrogen-bond acceptors (Lipinski definition) is 3. The van der Waals surface area contributed by atoms with Gasteiger partial charge < -0.3 is 9.40 Å². The molecule has 8 aromatic rings. The van der Waals surface area contributed by atoms with Crippen molar-refractivity contribution in [3.63, 3.8) is 0 Å². The summed E-state index contributed by atoms with van der Waals surface area (Å²) in [6.45, 7) is 0. The van der Waals surface area contributed by atoms with Crippen molar-refractivity contribution >= 4 is 39.6 Å². The van der Waals surface area contributed by atoms with Crippen LogP contribution in [0.1, 0.15) is 27.7 Å². The molecule has 3 heterocycles. The van der Waals surface area contributed by atoms with Crippen molar-refractivity contribution in [2.75, 3.05) is 0 Å². The topological polar surface area (TPSA) is 38.9 Å². The van der Waals surface area contributed by atoms with Gasteiger partial charge in [-0.25, -0.2) is 0 Å². The van der Waals surface area contributed by atoms with Crippen LogP contribution in [0.25, 0.3) is 44.5 Å². The molecular weight excluding hydrogens is 849 g/mol. The molecule has 5 aromatic carbocycles. The molecule has 0 saturated heterocycles. The molecule has 249 valence electrons. The first kappa shape index (κ1) is 30.2. The number of hydrogen-bond donors (Lipinski definition) is 0. The van der Waals surface area contributed by atoms with E-state index < -0.39 is 26.0 Å². The molecule has 0 bridgehead atoms. The zero-order chi connectivity index (χ0) is 37.2. The molecule has 50 heavy (non-hydrogen) atoms. The molecule has 0 saturated carbocycles. The summed E-state index contributed by atoms with van der Waals surface area (Å²) in [5.41, 5.74) is 7.02. The Bertz CT molecular complexity index is 2500. The van der Waals surface area contributed by atoms with Gasteiger partial charge in [-0.15, -0.1) is 23.8 Å². The summed E-state index contributed by atoms with van der Waals surface area (Å²) in [7, 11) is 0. The molecule has 0 unspecified atom stereocenters. The van der Waals surface area contributed by atoms with Gasteiger partial charge in [0.15, 0.2) is 0 Å². The van der Waals surface area contributed by atoms with E-state index in [1.54, 1.807) is 30.5 Å². The first-order chi connectivity index (χ1) is 25.4. The number of nitrogens with zero attached hydrogens (tertiary/aromatic N) is 2. The summed E-state index contributed by atoms with van der Waals surface area (Å²) in [6, 6.07) is 49.8. The normalized spacial score (nSPS) is 12.9. The maximum Gasteiger partial charge on any atom is 0.120 e. The van der Waals surface area contributed by atoms with E-state index in [-0.39, 0.29) is 20.1 Å². The summed E-state index contributed by atoms with van der Waals surface area (Å²) < 4.78 is 41.7. The Labute approximate surface area is 316 Å². The molecule has 0 aliphatic heterocycles. The second-order valence-electron chi connectivity index (χ2n) is 12.8. The van der Waals surface area contributed by atoms with Crippen LogP contribution >= 0.6 is 0 Å². The number of rotatable bonds is 7. The smallest absolute Gasteiger partial charge is 0.120 e. The first-order valence-electron chi connectivity index (χ1n) is 18.3. The molecule has 0 aliphatic rings. The fraction of sp³-hybridized carbons (Fsp3) is 0.111. The summed E-state index contributed by atoms with van der Waals surface area (Å²) in [4.78, 5) is 9.09. The number of furan rings is 1. The van der Waals surface area contributed by atoms with Crippen molar-refractivity contribution < 1.29 is 30.0 Å². The van der Waals surface area contributed by atoms with Crippen molar-refractivity contribution in [1.29, 1.82) is 0 Å². The number of fused-ring (bicyclic) bond motifs is 3. The van der Waals surface area contributed by atoms with Crippen molar-refractivity contribution in [3.05, 3.63) is 186 Å². The zero-order valence-electron chi connectivity index (χ0n) is 32.1. The Morgan fingerprint density at radius 2 is 1.36 bits per heavy atom. The van der Waals surface area contributed by atoms with Crippen LogP contribution in [0.5, 0.6) is 0 Å². The van der Waals surface area contributed by atoms with Gasteiger partial charge in [0.25, 0.3) is 0 Å². The van der Waals surface area contributed by atoms with Crippen LogP contribution in [0.2, 0.25) is 17.3 Å². The van der Waals surface area contributed by atoms with Gasteiger partial charge in [0.05, 0.1) is 5.58 Å². The van der Waals surface area contributed by atoms with Gasteiger partial charge >= 0.3 is 144 Å². The van der Waals surface area contributed by atoms with Crippen LogP contribution in [0.4, 0.5) is 0 Å². The van der Waals surface area contributed by atoms with Crippen LogP contribution < -0.4 is 4.40 Å². The Hall–Kier alpha value is -4.61. The Morgan fingerprint density at radius 1 is 0.640 bits per heavy atom. The maximum absolute atomic E-state index is 8.67. The summed E-state index contributed by atoms with van der Waals surface area (Å²) in [6.07, 6.45) is 0.400. The van der Waals surface area contributed by atoms with Crippen molar-refractivity contribution in [3.8, 4) is 22.5 Å². The van der Waals surface area contributed by atoms with E-state index >= 15 is 0 Å². The molecule has 0 fully saturated rings. The van der Waals surface area contributed by atoms with E-state index in [0.717, 1.165) is 38.8 Å². The van der Waals surface area contributed by atoms with Crippen LogP contribution in [0, 0.1) is 12.1 Å². The minimum absolute atomic E-state index is 0. The monoisotopic (exact) mass is 893 g/mol. The first-order valence-corrected chi connectivity index (χ1v) is 23.7. The van der Waals surface area contributed by atoms with Gasteiger partial charge in [0.2, 0.25) is 0 Å². The van der Waals surface area contributed by atoms with Gasteiger partial charge in [-0.1, -0.05) is 60.0 Å². The molecule has 0 aliphatic carbocycles. The molecule has 0 amide bonds. The van der Waals surface area contributed by atoms with E-state index in [1.807, 2.05) is 115 Å². The van der Waals surface area contributed by atoms with Gasteiger partial charge in [-0.2, -0.15) is 0 Å². The van der Waals surface area contributed by atoms with E-state index in [1.165, 1.54) is 4.40 Å². The van der Waals surface area contributed by atoms with Crippen molar-refractivity contribution in [2.45, 2.75) is 30.0 Å². The largest absolute Gasteiger partial charge is 0.500 e. The van der Waals surface area contributed by atoms with Crippen LogP contribution in [0.3, 0.4) is 0 Å². The fourth-order valence-corrected chi connectivity index (χ4v) is 7.75. The number of para-hydroxylation sites is 1. The van der Waals surface area contributed by atoms with E-state index in [4.69, 9.17) is 9.90 Å². The third-order valence-electron chi connectivity index (χ3n) is 8.20. The predicted molar refractivity (Wildman–Crippen MR) is 206 cm³/mol. The second kappa shape index (κ2) is 15.9. The number of pyridine rings is 2. The van der Waals surface area contributed by atoms with Crippen molar-refractivity contribution in [1.82, 2.24) is 9.97 Å². The Kier molecular flexibility index (Phi) is 9.64. The second-order valence-corrected chi connectivity index (χ2v) is 23.4.